The number of carbonyl (C=O) groups excluding carboxylic acids is 1. The maximum atomic E-state index is 11.4. The van der Waals surface area contributed by atoms with E-state index in [9.17, 15) is 4.79 Å². The maximum absolute atomic E-state index is 11.4. The fourth-order valence-electron chi connectivity index (χ4n) is 1.65. The molecule has 0 bridgehead atoms. The topological polar surface area (TPSA) is 64.3 Å². The van der Waals surface area contributed by atoms with Crippen molar-refractivity contribution in [2.24, 2.45) is 0 Å². The Labute approximate surface area is 149 Å². The van der Waals surface area contributed by atoms with Crippen LogP contribution >= 0.6 is 0 Å². The van der Waals surface area contributed by atoms with Gasteiger partial charge in [0.1, 0.15) is 5.60 Å². The number of benzene rings is 2. The highest BCUT2D eigenvalue weighted by Crippen LogP contribution is 2.12. The average molecular weight is 334 g/mol. The molecule has 0 spiro atoms. The lowest BCUT2D eigenvalue weighted by Crippen LogP contribution is -2.27. The first kappa shape index (κ1) is 19.7. The molecule has 0 aromatic heterocycles. The number of rotatable bonds is 1. The van der Waals surface area contributed by atoms with Gasteiger partial charge >= 0.3 is 6.09 Å². The van der Waals surface area contributed by atoms with Crippen molar-refractivity contribution in [2.75, 3.05) is 11.1 Å². The van der Waals surface area contributed by atoms with E-state index in [0.717, 1.165) is 16.8 Å². The molecule has 0 saturated carbocycles. The van der Waals surface area contributed by atoms with Gasteiger partial charge in [-0.15, -0.1) is 12.8 Å². The van der Waals surface area contributed by atoms with Crippen LogP contribution in [0.4, 0.5) is 16.2 Å². The number of nitrogens with one attached hydrogen (secondary N) is 1. The monoisotopic (exact) mass is 334 g/mol. The number of nitrogens with two attached hydrogens (primary N) is 1. The summed E-state index contributed by atoms with van der Waals surface area (Å²) in [6.45, 7) is 5.44. The SMILES string of the molecule is C#Cc1ccc(N)cc1.C#Cc1ccc(NC(=O)OC(C)(C)C)cc1. The van der Waals surface area contributed by atoms with Gasteiger partial charge in [-0.2, -0.15) is 0 Å². The highest BCUT2D eigenvalue weighted by atomic mass is 16.6. The largest absolute Gasteiger partial charge is 0.444 e. The van der Waals surface area contributed by atoms with E-state index in [-0.39, 0.29) is 0 Å². The molecule has 0 aliphatic rings. The first-order valence-corrected chi connectivity index (χ1v) is 7.62. The van der Waals surface area contributed by atoms with E-state index < -0.39 is 11.7 Å². The van der Waals surface area contributed by atoms with Crippen LogP contribution in [0.3, 0.4) is 0 Å². The fourth-order valence-corrected chi connectivity index (χ4v) is 1.65. The summed E-state index contributed by atoms with van der Waals surface area (Å²) in [5.41, 5.74) is 7.96. The molecule has 0 radical (unpaired) electrons. The van der Waals surface area contributed by atoms with Crippen LogP contribution < -0.4 is 11.1 Å². The predicted octanol–water partition coefficient (Wildman–Crippen LogP) is 4.27. The quantitative estimate of drug-likeness (QED) is 0.605. The van der Waals surface area contributed by atoms with E-state index in [1.54, 1.807) is 36.4 Å². The zero-order chi connectivity index (χ0) is 18.9. The third-order valence-corrected chi connectivity index (χ3v) is 2.77. The normalized spacial score (nSPS) is 9.64. The molecule has 2 aromatic rings. The zero-order valence-electron chi connectivity index (χ0n) is 14.7. The molecule has 4 nitrogen and oxygen atoms in total. The first-order chi connectivity index (χ1) is 11.7. The van der Waals surface area contributed by atoms with Gasteiger partial charge in [0.15, 0.2) is 0 Å². The molecule has 0 unspecified atom stereocenters. The summed E-state index contributed by atoms with van der Waals surface area (Å²) in [5.74, 6) is 5.00. The Kier molecular flexibility index (Phi) is 7.13. The van der Waals surface area contributed by atoms with Crippen LogP contribution in [0.2, 0.25) is 0 Å². The van der Waals surface area contributed by atoms with Gasteiger partial charge in [0.05, 0.1) is 0 Å². The summed E-state index contributed by atoms with van der Waals surface area (Å²) in [4.78, 5) is 11.4. The Balaban J connectivity index is 0.000000293. The van der Waals surface area contributed by atoms with Gasteiger partial charge in [0.25, 0.3) is 0 Å². The molecule has 25 heavy (non-hydrogen) atoms. The Bertz CT molecular complexity index is 771. The number of hydrogen-bond donors (Lipinski definition) is 2. The molecule has 0 fully saturated rings. The molecule has 2 aromatic carbocycles. The Morgan fingerprint density at radius 1 is 0.960 bits per heavy atom. The van der Waals surface area contributed by atoms with Crippen LogP contribution in [0.5, 0.6) is 0 Å². The lowest BCUT2D eigenvalue weighted by molar-refractivity contribution is 0.0636. The second-order valence-corrected chi connectivity index (χ2v) is 6.11. The van der Waals surface area contributed by atoms with Gasteiger partial charge in [-0.1, -0.05) is 11.8 Å². The van der Waals surface area contributed by atoms with Gasteiger partial charge in [0.2, 0.25) is 0 Å². The number of anilines is 2. The van der Waals surface area contributed by atoms with Gasteiger partial charge in [-0.25, -0.2) is 4.79 Å². The van der Waals surface area contributed by atoms with Crippen molar-refractivity contribution in [3.8, 4) is 24.7 Å². The molecule has 0 atom stereocenters. The van der Waals surface area contributed by atoms with E-state index in [1.807, 2.05) is 32.9 Å². The summed E-state index contributed by atoms with van der Waals surface area (Å²) in [6.07, 6.45) is 9.86. The van der Waals surface area contributed by atoms with Gasteiger partial charge in [-0.3, -0.25) is 5.32 Å². The Morgan fingerprint density at radius 2 is 1.40 bits per heavy atom. The van der Waals surface area contributed by atoms with Gasteiger partial charge in [0, 0.05) is 22.5 Å². The Morgan fingerprint density at radius 3 is 1.80 bits per heavy atom. The minimum absolute atomic E-state index is 0.471. The van der Waals surface area contributed by atoms with Crippen molar-refractivity contribution in [1.82, 2.24) is 0 Å². The number of carbonyl (C=O) groups is 1. The molecule has 0 heterocycles. The molecule has 2 rings (SSSR count). The highest BCUT2D eigenvalue weighted by Gasteiger charge is 2.15. The van der Waals surface area contributed by atoms with E-state index in [2.05, 4.69) is 17.2 Å². The van der Waals surface area contributed by atoms with Crippen molar-refractivity contribution in [2.45, 2.75) is 26.4 Å². The van der Waals surface area contributed by atoms with E-state index in [0.29, 0.717) is 5.69 Å². The predicted molar refractivity (Wildman–Crippen MR) is 103 cm³/mol. The summed E-state index contributed by atoms with van der Waals surface area (Å²) in [5, 5.41) is 2.62. The second-order valence-electron chi connectivity index (χ2n) is 6.11. The van der Waals surface area contributed by atoms with Gasteiger partial charge in [-0.05, 0) is 69.3 Å². The standard InChI is InChI=1S/C13H15NO2.C8H7N/c1-5-10-6-8-11(9-7-10)14-12(15)16-13(2,3)4;1-2-7-3-5-8(9)6-4-7/h1,6-9H,2-4H3,(H,14,15);1,3-6H,9H2. The van der Waals surface area contributed by atoms with Gasteiger partial charge < -0.3 is 10.5 Å². The maximum Gasteiger partial charge on any atom is 0.412 e. The molecule has 0 aliphatic heterocycles. The molecular formula is C21H22N2O2. The lowest BCUT2D eigenvalue weighted by atomic mass is 10.2. The fraction of sp³-hybridized carbons (Fsp3) is 0.190. The first-order valence-electron chi connectivity index (χ1n) is 7.62. The Hall–Kier alpha value is -3.37. The van der Waals surface area contributed by atoms with Crippen molar-refractivity contribution >= 4 is 17.5 Å². The van der Waals surface area contributed by atoms with E-state index in [1.165, 1.54) is 0 Å². The number of nitrogen functional groups attached to an aromatic ring is 1. The number of terminal acetylenes is 2. The smallest absolute Gasteiger partial charge is 0.412 e. The van der Waals surface area contributed by atoms with Crippen LogP contribution in [-0.4, -0.2) is 11.7 Å². The molecule has 0 aliphatic carbocycles. The average Bonchev–Trinajstić information content (AvgIpc) is 2.55. The minimum atomic E-state index is -0.497. The minimum Gasteiger partial charge on any atom is -0.444 e. The molecule has 3 N–H and O–H groups in total. The summed E-state index contributed by atoms with van der Waals surface area (Å²) in [6, 6.07) is 14.2. The van der Waals surface area contributed by atoms with E-state index >= 15 is 0 Å². The molecular weight excluding hydrogens is 312 g/mol. The number of amides is 1. The zero-order valence-corrected chi connectivity index (χ0v) is 14.7. The van der Waals surface area contributed by atoms with Crippen LogP contribution in [0.25, 0.3) is 0 Å². The summed E-state index contributed by atoms with van der Waals surface area (Å²) < 4.78 is 5.11. The van der Waals surface area contributed by atoms with Crippen LogP contribution in [0.1, 0.15) is 31.9 Å². The summed E-state index contributed by atoms with van der Waals surface area (Å²) in [7, 11) is 0. The molecule has 0 saturated heterocycles. The molecule has 128 valence electrons. The summed E-state index contributed by atoms with van der Waals surface area (Å²) >= 11 is 0. The van der Waals surface area contributed by atoms with Crippen LogP contribution in [-0.2, 0) is 4.74 Å². The number of hydrogen-bond acceptors (Lipinski definition) is 3. The van der Waals surface area contributed by atoms with Crippen LogP contribution in [0, 0.1) is 24.7 Å². The number of ether oxygens (including phenoxy) is 1. The third-order valence-electron chi connectivity index (χ3n) is 2.77. The second kappa shape index (κ2) is 9.05. The molecule has 4 heteroatoms. The van der Waals surface area contributed by atoms with E-state index in [4.69, 9.17) is 23.3 Å². The highest BCUT2D eigenvalue weighted by molar-refractivity contribution is 5.84. The van der Waals surface area contributed by atoms with Crippen molar-refractivity contribution in [3.63, 3.8) is 0 Å². The lowest BCUT2D eigenvalue weighted by Gasteiger charge is -2.19. The molecule has 1 amide bonds. The van der Waals surface area contributed by atoms with Crippen molar-refractivity contribution < 1.29 is 9.53 Å². The third kappa shape index (κ3) is 8.16. The van der Waals surface area contributed by atoms with Crippen molar-refractivity contribution in [1.29, 1.82) is 0 Å². The van der Waals surface area contributed by atoms with Crippen LogP contribution in [0.15, 0.2) is 48.5 Å². The van der Waals surface area contributed by atoms with Crippen molar-refractivity contribution in [3.05, 3.63) is 59.7 Å².